The van der Waals surface area contributed by atoms with E-state index in [1.54, 1.807) is 28.9 Å². The van der Waals surface area contributed by atoms with Crippen LogP contribution in [-0.2, 0) is 6.54 Å². The van der Waals surface area contributed by atoms with Crippen molar-refractivity contribution in [2.75, 3.05) is 5.32 Å². The van der Waals surface area contributed by atoms with Crippen LogP contribution in [-0.4, -0.2) is 30.6 Å². The van der Waals surface area contributed by atoms with Crippen molar-refractivity contribution in [2.24, 2.45) is 0 Å². The number of benzene rings is 1. The summed E-state index contributed by atoms with van der Waals surface area (Å²) in [7, 11) is 0. The molecule has 0 saturated carbocycles. The van der Waals surface area contributed by atoms with Crippen molar-refractivity contribution in [3.05, 3.63) is 75.5 Å². The highest BCUT2D eigenvalue weighted by atomic mass is 35.5. The summed E-state index contributed by atoms with van der Waals surface area (Å²) in [6.45, 7) is 4.16. The van der Waals surface area contributed by atoms with Crippen LogP contribution in [0.5, 0.6) is 0 Å². The van der Waals surface area contributed by atoms with Crippen molar-refractivity contribution in [1.29, 1.82) is 0 Å². The van der Waals surface area contributed by atoms with Crippen LogP contribution in [0.15, 0.2) is 42.9 Å². The summed E-state index contributed by atoms with van der Waals surface area (Å²) in [4.78, 5) is 25.5. The molecule has 146 valence electrons. The Morgan fingerprint density at radius 1 is 1.10 bits per heavy atom. The maximum atomic E-state index is 12.7. The van der Waals surface area contributed by atoms with E-state index in [4.69, 9.17) is 23.2 Å². The molecule has 0 spiro atoms. The van der Waals surface area contributed by atoms with Gasteiger partial charge in [0.1, 0.15) is 6.33 Å². The fourth-order valence-corrected chi connectivity index (χ4v) is 3.51. The van der Waals surface area contributed by atoms with Crippen LogP contribution in [0, 0.1) is 13.8 Å². The fourth-order valence-electron chi connectivity index (χ4n) is 3.02. The molecule has 0 aliphatic heterocycles. The van der Waals surface area contributed by atoms with Gasteiger partial charge in [-0.3, -0.25) is 4.79 Å². The molecule has 4 rings (SSSR count). The highest BCUT2D eigenvalue weighted by Gasteiger charge is 2.20. The normalized spacial score (nSPS) is 11.0. The predicted molar refractivity (Wildman–Crippen MR) is 113 cm³/mol. The fraction of sp³-hybridized carbons (Fsp3) is 0.150. The number of halogens is 2. The Bertz CT molecular complexity index is 1220. The third-order valence-corrected chi connectivity index (χ3v) is 5.04. The number of fused-ring (bicyclic) bond motifs is 1. The summed E-state index contributed by atoms with van der Waals surface area (Å²) in [6.07, 6.45) is 2.97. The molecule has 7 nitrogen and oxygen atoms in total. The second-order valence-corrected chi connectivity index (χ2v) is 7.35. The van der Waals surface area contributed by atoms with E-state index in [-0.39, 0.29) is 11.5 Å². The Kier molecular flexibility index (Phi) is 5.17. The number of amides is 1. The van der Waals surface area contributed by atoms with Crippen LogP contribution in [0.4, 0.5) is 5.69 Å². The first-order chi connectivity index (χ1) is 13.9. The third-order valence-electron chi connectivity index (χ3n) is 4.39. The first kappa shape index (κ1) is 19.3. The van der Waals surface area contributed by atoms with Gasteiger partial charge in [0, 0.05) is 22.6 Å². The Labute approximate surface area is 176 Å². The lowest BCUT2D eigenvalue weighted by atomic mass is 10.2. The molecule has 0 saturated heterocycles. The molecule has 0 atom stereocenters. The summed E-state index contributed by atoms with van der Waals surface area (Å²) >= 11 is 12.5. The smallest absolute Gasteiger partial charge is 0.258 e. The first-order valence-electron chi connectivity index (χ1n) is 8.78. The van der Waals surface area contributed by atoms with Gasteiger partial charge in [-0.15, -0.1) is 0 Å². The van der Waals surface area contributed by atoms with Gasteiger partial charge < -0.3 is 5.32 Å². The number of carbonyl (C=O) groups is 1. The number of nitrogens with one attached hydrogen (secondary N) is 1. The number of hydrogen-bond acceptors (Lipinski definition) is 5. The summed E-state index contributed by atoms with van der Waals surface area (Å²) in [5.41, 5.74) is 3.84. The van der Waals surface area contributed by atoms with Gasteiger partial charge >= 0.3 is 0 Å². The summed E-state index contributed by atoms with van der Waals surface area (Å²) in [5, 5.41) is 8.87. The molecule has 1 amide bonds. The number of aryl methyl sites for hydroxylation is 2. The van der Waals surface area contributed by atoms with Gasteiger partial charge in [-0.05, 0) is 44.2 Å². The summed E-state index contributed by atoms with van der Waals surface area (Å²) in [5.74, 6) is -0.356. The zero-order valence-electron chi connectivity index (χ0n) is 15.6. The molecule has 0 fully saturated rings. The van der Waals surface area contributed by atoms with Gasteiger partial charge in [0.05, 0.1) is 33.9 Å². The van der Waals surface area contributed by atoms with Crippen LogP contribution in [0.2, 0.25) is 10.0 Å². The lowest BCUT2D eigenvalue weighted by molar-refractivity contribution is 0.102. The second-order valence-electron chi connectivity index (χ2n) is 6.54. The average Bonchev–Trinajstić information content (AvgIpc) is 3.00. The number of carbonyl (C=O) groups excluding carboxylic acids is 1. The second kappa shape index (κ2) is 7.77. The Balaban J connectivity index is 1.67. The van der Waals surface area contributed by atoms with E-state index in [0.29, 0.717) is 39.0 Å². The average molecular weight is 427 g/mol. The van der Waals surface area contributed by atoms with Gasteiger partial charge in [-0.1, -0.05) is 23.2 Å². The monoisotopic (exact) mass is 426 g/mol. The van der Waals surface area contributed by atoms with Gasteiger partial charge in [0.25, 0.3) is 5.91 Å². The SMILES string of the molecule is Cc1cc(Cn2nc(C)c3c(Cl)c(C(=O)Nc4ccc(Cl)cc4)cnc32)ncn1. The molecule has 0 aliphatic carbocycles. The Morgan fingerprint density at radius 2 is 1.86 bits per heavy atom. The van der Waals surface area contributed by atoms with Crippen LogP contribution < -0.4 is 5.32 Å². The van der Waals surface area contributed by atoms with Crippen LogP contribution in [0.25, 0.3) is 11.0 Å². The van der Waals surface area contributed by atoms with Crippen molar-refractivity contribution in [3.8, 4) is 0 Å². The van der Waals surface area contributed by atoms with E-state index in [0.717, 1.165) is 11.4 Å². The van der Waals surface area contributed by atoms with Gasteiger partial charge in [-0.2, -0.15) is 5.10 Å². The van der Waals surface area contributed by atoms with Crippen LogP contribution in [0.1, 0.15) is 27.4 Å². The molecule has 1 N–H and O–H groups in total. The Morgan fingerprint density at radius 3 is 2.59 bits per heavy atom. The standard InChI is InChI=1S/C20H16Cl2N6O/c1-11-7-15(25-10-24-11)9-28-19-17(12(2)27-28)18(22)16(8-23-19)20(29)26-14-5-3-13(21)4-6-14/h3-8,10H,9H2,1-2H3,(H,26,29). The minimum absolute atomic E-state index is 0.273. The maximum Gasteiger partial charge on any atom is 0.258 e. The number of hydrogen-bond donors (Lipinski definition) is 1. The lowest BCUT2D eigenvalue weighted by Crippen LogP contribution is -2.13. The molecule has 0 aliphatic rings. The van der Waals surface area contributed by atoms with Crippen molar-refractivity contribution in [1.82, 2.24) is 24.7 Å². The van der Waals surface area contributed by atoms with E-state index in [1.807, 2.05) is 19.9 Å². The van der Waals surface area contributed by atoms with Gasteiger partial charge in [0.15, 0.2) is 5.65 Å². The first-order valence-corrected chi connectivity index (χ1v) is 9.54. The topological polar surface area (TPSA) is 85.6 Å². The zero-order valence-corrected chi connectivity index (χ0v) is 17.2. The van der Waals surface area contributed by atoms with E-state index < -0.39 is 0 Å². The highest BCUT2D eigenvalue weighted by Crippen LogP contribution is 2.29. The molecule has 0 radical (unpaired) electrons. The van der Waals surface area contributed by atoms with Crippen LogP contribution in [0.3, 0.4) is 0 Å². The van der Waals surface area contributed by atoms with Gasteiger partial charge in [-0.25, -0.2) is 19.6 Å². The molecule has 4 aromatic rings. The summed E-state index contributed by atoms with van der Waals surface area (Å²) < 4.78 is 1.72. The Hall–Kier alpha value is -3.03. The van der Waals surface area contributed by atoms with E-state index in [2.05, 4.69) is 25.4 Å². The maximum absolute atomic E-state index is 12.7. The molecule has 0 bridgehead atoms. The van der Waals surface area contributed by atoms with Crippen molar-refractivity contribution >= 4 is 45.8 Å². The highest BCUT2D eigenvalue weighted by molar-refractivity contribution is 6.39. The number of nitrogens with zero attached hydrogens (tertiary/aromatic N) is 5. The lowest BCUT2D eigenvalue weighted by Gasteiger charge is -2.08. The minimum Gasteiger partial charge on any atom is -0.322 e. The quantitative estimate of drug-likeness (QED) is 0.520. The van der Waals surface area contributed by atoms with Crippen LogP contribution >= 0.6 is 23.2 Å². The van der Waals surface area contributed by atoms with Gasteiger partial charge in [0.2, 0.25) is 0 Å². The zero-order chi connectivity index (χ0) is 20.5. The largest absolute Gasteiger partial charge is 0.322 e. The van der Waals surface area contributed by atoms with Crippen molar-refractivity contribution in [3.63, 3.8) is 0 Å². The van der Waals surface area contributed by atoms with E-state index >= 15 is 0 Å². The number of aromatic nitrogens is 5. The number of pyridine rings is 1. The third kappa shape index (κ3) is 3.92. The molecule has 1 aromatic carbocycles. The molecular weight excluding hydrogens is 411 g/mol. The molecule has 0 unspecified atom stereocenters. The summed E-state index contributed by atoms with van der Waals surface area (Å²) in [6, 6.07) is 8.71. The number of rotatable bonds is 4. The minimum atomic E-state index is -0.356. The van der Waals surface area contributed by atoms with Crippen molar-refractivity contribution < 1.29 is 4.79 Å². The van der Waals surface area contributed by atoms with E-state index in [1.165, 1.54) is 12.5 Å². The molecule has 3 aromatic heterocycles. The van der Waals surface area contributed by atoms with Crippen molar-refractivity contribution in [2.45, 2.75) is 20.4 Å². The molecular formula is C20H16Cl2N6O. The molecule has 3 heterocycles. The number of anilines is 1. The predicted octanol–water partition coefficient (Wildman–Crippen LogP) is 4.45. The molecule has 29 heavy (non-hydrogen) atoms. The molecule has 9 heteroatoms. The van der Waals surface area contributed by atoms with E-state index in [9.17, 15) is 4.79 Å².